The van der Waals surface area contributed by atoms with Gasteiger partial charge in [0.1, 0.15) is 5.75 Å². The smallest absolute Gasteiger partial charge is 0.163 e. The minimum atomic E-state index is 0.209. The number of phenolic OH excluding ortho intramolecular Hbond substituents is 1. The predicted octanol–water partition coefficient (Wildman–Crippen LogP) is 1.68. The third-order valence-electron chi connectivity index (χ3n) is 2.57. The standard InChI is InChI=1S/C12H10N4O/c13-8-5-14-12-10(6-15-16(12)7-8)9-3-1-2-4-11(9)17/h1-7,17H,13H2. The number of nitrogen functional groups attached to an aromatic ring is 1. The molecule has 0 amide bonds. The zero-order valence-electron chi connectivity index (χ0n) is 8.91. The van der Waals surface area contributed by atoms with E-state index < -0.39 is 0 Å². The van der Waals surface area contributed by atoms with Crippen LogP contribution in [0.1, 0.15) is 0 Å². The van der Waals surface area contributed by atoms with Gasteiger partial charge in [-0.1, -0.05) is 18.2 Å². The molecule has 3 aromatic rings. The number of phenols is 1. The van der Waals surface area contributed by atoms with E-state index in [0.717, 1.165) is 5.56 Å². The third kappa shape index (κ3) is 1.48. The Morgan fingerprint density at radius 3 is 2.76 bits per heavy atom. The van der Waals surface area contributed by atoms with Crippen LogP contribution in [-0.4, -0.2) is 19.7 Å². The van der Waals surface area contributed by atoms with Gasteiger partial charge in [-0.25, -0.2) is 9.50 Å². The van der Waals surface area contributed by atoms with Gasteiger partial charge in [0, 0.05) is 5.56 Å². The van der Waals surface area contributed by atoms with E-state index in [4.69, 9.17) is 5.73 Å². The van der Waals surface area contributed by atoms with Gasteiger partial charge in [-0.05, 0) is 6.07 Å². The van der Waals surface area contributed by atoms with Crippen LogP contribution >= 0.6 is 0 Å². The SMILES string of the molecule is Nc1cnc2c(-c3ccccc3O)cnn2c1. The van der Waals surface area contributed by atoms with Crippen molar-refractivity contribution in [2.75, 3.05) is 5.73 Å². The molecule has 0 bridgehead atoms. The molecule has 3 N–H and O–H groups in total. The first-order valence-corrected chi connectivity index (χ1v) is 5.13. The molecule has 84 valence electrons. The van der Waals surface area contributed by atoms with Crippen LogP contribution in [0, 0.1) is 0 Å². The van der Waals surface area contributed by atoms with Crippen LogP contribution in [0.3, 0.4) is 0 Å². The van der Waals surface area contributed by atoms with E-state index in [-0.39, 0.29) is 5.75 Å². The van der Waals surface area contributed by atoms with Crippen molar-refractivity contribution < 1.29 is 5.11 Å². The van der Waals surface area contributed by atoms with Crippen molar-refractivity contribution in [2.45, 2.75) is 0 Å². The third-order valence-corrected chi connectivity index (χ3v) is 2.57. The molecule has 5 nitrogen and oxygen atoms in total. The van der Waals surface area contributed by atoms with Gasteiger partial charge in [0.25, 0.3) is 0 Å². The van der Waals surface area contributed by atoms with Gasteiger partial charge in [-0.3, -0.25) is 0 Å². The van der Waals surface area contributed by atoms with Gasteiger partial charge in [0.15, 0.2) is 5.65 Å². The lowest BCUT2D eigenvalue weighted by molar-refractivity contribution is 0.477. The fraction of sp³-hybridized carbons (Fsp3) is 0. The number of rotatable bonds is 1. The van der Waals surface area contributed by atoms with E-state index in [1.807, 2.05) is 12.1 Å². The number of anilines is 1. The quantitative estimate of drug-likeness (QED) is 0.662. The Morgan fingerprint density at radius 2 is 1.94 bits per heavy atom. The van der Waals surface area contributed by atoms with E-state index in [2.05, 4.69) is 10.1 Å². The van der Waals surface area contributed by atoms with Crippen molar-refractivity contribution in [2.24, 2.45) is 0 Å². The highest BCUT2D eigenvalue weighted by atomic mass is 16.3. The summed E-state index contributed by atoms with van der Waals surface area (Å²) in [6.07, 6.45) is 4.92. The molecule has 0 aliphatic heterocycles. The minimum absolute atomic E-state index is 0.209. The van der Waals surface area contributed by atoms with Crippen LogP contribution in [0.25, 0.3) is 16.8 Å². The zero-order chi connectivity index (χ0) is 11.8. The van der Waals surface area contributed by atoms with Crippen molar-refractivity contribution in [3.05, 3.63) is 42.9 Å². The largest absolute Gasteiger partial charge is 0.507 e. The van der Waals surface area contributed by atoms with Gasteiger partial charge in [-0.2, -0.15) is 5.10 Å². The first kappa shape index (κ1) is 9.65. The lowest BCUT2D eigenvalue weighted by Gasteiger charge is -2.01. The highest BCUT2D eigenvalue weighted by Gasteiger charge is 2.10. The Morgan fingerprint density at radius 1 is 1.12 bits per heavy atom. The molecule has 1 aromatic carbocycles. The highest BCUT2D eigenvalue weighted by molar-refractivity contribution is 5.80. The Bertz CT molecular complexity index is 690. The fourth-order valence-electron chi connectivity index (χ4n) is 1.78. The summed E-state index contributed by atoms with van der Waals surface area (Å²) in [5.74, 6) is 0.209. The summed E-state index contributed by atoms with van der Waals surface area (Å²) < 4.78 is 1.59. The number of hydrogen-bond acceptors (Lipinski definition) is 4. The molecule has 0 spiro atoms. The number of aromatic nitrogens is 3. The van der Waals surface area contributed by atoms with E-state index in [9.17, 15) is 5.11 Å². The van der Waals surface area contributed by atoms with E-state index in [1.165, 1.54) is 0 Å². The van der Waals surface area contributed by atoms with Crippen LogP contribution in [0.15, 0.2) is 42.9 Å². The molecule has 2 heterocycles. The Hall–Kier alpha value is -2.56. The second-order valence-corrected chi connectivity index (χ2v) is 3.73. The number of aromatic hydroxyl groups is 1. The number of fused-ring (bicyclic) bond motifs is 1. The summed E-state index contributed by atoms with van der Waals surface area (Å²) >= 11 is 0. The fourth-order valence-corrected chi connectivity index (χ4v) is 1.78. The molecule has 0 unspecified atom stereocenters. The lowest BCUT2D eigenvalue weighted by atomic mass is 10.1. The van der Waals surface area contributed by atoms with E-state index in [1.54, 1.807) is 35.2 Å². The van der Waals surface area contributed by atoms with Crippen molar-refractivity contribution in [3.8, 4) is 16.9 Å². The number of hydrogen-bond donors (Lipinski definition) is 2. The maximum atomic E-state index is 9.81. The van der Waals surface area contributed by atoms with Gasteiger partial charge < -0.3 is 10.8 Å². The van der Waals surface area contributed by atoms with Crippen molar-refractivity contribution in [1.82, 2.24) is 14.6 Å². The number of nitrogens with zero attached hydrogens (tertiary/aromatic N) is 3. The number of nitrogens with two attached hydrogens (primary N) is 1. The average Bonchev–Trinajstić information content (AvgIpc) is 2.72. The maximum absolute atomic E-state index is 9.81. The first-order chi connectivity index (χ1) is 8.25. The second kappa shape index (κ2) is 3.48. The van der Waals surface area contributed by atoms with Gasteiger partial charge in [0.05, 0.1) is 29.8 Å². The Labute approximate surface area is 97.1 Å². The molecule has 0 aliphatic rings. The van der Waals surface area contributed by atoms with Crippen LogP contribution in [-0.2, 0) is 0 Å². The number of para-hydroxylation sites is 1. The average molecular weight is 226 g/mol. The van der Waals surface area contributed by atoms with Crippen LogP contribution in [0.2, 0.25) is 0 Å². The first-order valence-electron chi connectivity index (χ1n) is 5.13. The van der Waals surface area contributed by atoms with Crippen molar-refractivity contribution in [1.29, 1.82) is 0 Å². The molecule has 3 rings (SSSR count). The minimum Gasteiger partial charge on any atom is -0.507 e. The molecule has 17 heavy (non-hydrogen) atoms. The predicted molar refractivity (Wildman–Crippen MR) is 64.5 cm³/mol. The molecule has 0 fully saturated rings. The lowest BCUT2D eigenvalue weighted by Crippen LogP contribution is -1.94. The molecule has 5 heteroatoms. The zero-order valence-corrected chi connectivity index (χ0v) is 8.91. The normalized spacial score (nSPS) is 10.8. The topological polar surface area (TPSA) is 76.4 Å². The molecule has 0 atom stereocenters. The van der Waals surface area contributed by atoms with Gasteiger partial charge >= 0.3 is 0 Å². The van der Waals surface area contributed by atoms with E-state index in [0.29, 0.717) is 16.9 Å². The Balaban J connectivity index is 2.29. The molecule has 2 aromatic heterocycles. The van der Waals surface area contributed by atoms with Gasteiger partial charge in [0.2, 0.25) is 0 Å². The van der Waals surface area contributed by atoms with Gasteiger partial charge in [-0.15, -0.1) is 0 Å². The maximum Gasteiger partial charge on any atom is 0.163 e. The molecule has 0 saturated carbocycles. The van der Waals surface area contributed by atoms with Crippen LogP contribution < -0.4 is 5.73 Å². The molecular formula is C12H10N4O. The molecular weight excluding hydrogens is 216 g/mol. The van der Waals surface area contributed by atoms with Crippen LogP contribution in [0.4, 0.5) is 5.69 Å². The summed E-state index contributed by atoms with van der Waals surface area (Å²) in [5.41, 5.74) is 8.33. The summed E-state index contributed by atoms with van der Waals surface area (Å²) in [4.78, 5) is 4.22. The summed E-state index contributed by atoms with van der Waals surface area (Å²) in [6.45, 7) is 0. The van der Waals surface area contributed by atoms with E-state index >= 15 is 0 Å². The molecule has 0 radical (unpaired) electrons. The Kier molecular flexibility index (Phi) is 1.98. The van der Waals surface area contributed by atoms with Crippen molar-refractivity contribution >= 4 is 11.3 Å². The number of benzene rings is 1. The summed E-state index contributed by atoms with van der Waals surface area (Å²) in [5, 5.41) is 14.0. The highest BCUT2D eigenvalue weighted by Crippen LogP contribution is 2.30. The molecule has 0 saturated heterocycles. The molecule has 0 aliphatic carbocycles. The van der Waals surface area contributed by atoms with Crippen molar-refractivity contribution in [3.63, 3.8) is 0 Å². The summed E-state index contributed by atoms with van der Waals surface area (Å²) in [7, 11) is 0. The summed E-state index contributed by atoms with van der Waals surface area (Å²) in [6, 6.07) is 7.09. The monoisotopic (exact) mass is 226 g/mol. The van der Waals surface area contributed by atoms with Crippen LogP contribution in [0.5, 0.6) is 5.75 Å². The second-order valence-electron chi connectivity index (χ2n) is 3.73.